The van der Waals surface area contributed by atoms with Crippen molar-refractivity contribution in [2.75, 3.05) is 47.1 Å². The highest BCUT2D eigenvalue weighted by Gasteiger charge is 2.40. The molecule has 2 fully saturated rings. The summed E-state index contributed by atoms with van der Waals surface area (Å²) in [4.78, 5) is 15.2. The first-order chi connectivity index (χ1) is 12.2. The number of morpholine rings is 1. The molecule has 0 aromatic heterocycles. The van der Waals surface area contributed by atoms with Crippen molar-refractivity contribution in [1.29, 1.82) is 0 Å². The number of carbonyl (C=O) groups is 1. The zero-order valence-electron chi connectivity index (χ0n) is 15.2. The lowest BCUT2D eigenvalue weighted by atomic mass is 9.94. The minimum absolute atomic E-state index is 0.0718. The summed E-state index contributed by atoms with van der Waals surface area (Å²) < 4.78 is 16.0. The molecule has 1 aliphatic carbocycles. The monoisotopic (exact) mass is 348 g/mol. The summed E-state index contributed by atoms with van der Waals surface area (Å²) in [6, 6.07) is 5.25. The first-order valence-electron chi connectivity index (χ1n) is 9.01. The van der Waals surface area contributed by atoms with Gasteiger partial charge in [0, 0.05) is 36.8 Å². The molecule has 1 saturated carbocycles. The van der Waals surface area contributed by atoms with Crippen LogP contribution in [0.2, 0.25) is 0 Å². The number of hydrogen-bond acceptors (Lipinski definition) is 5. The third kappa shape index (κ3) is 4.07. The quantitative estimate of drug-likeness (QED) is 0.853. The van der Waals surface area contributed by atoms with Gasteiger partial charge in [-0.25, -0.2) is 0 Å². The number of methoxy groups -OCH3 is 2. The molecule has 138 valence electrons. The summed E-state index contributed by atoms with van der Waals surface area (Å²) in [5, 5.41) is 3.15. The van der Waals surface area contributed by atoms with Crippen LogP contribution >= 0.6 is 0 Å². The van der Waals surface area contributed by atoms with Crippen molar-refractivity contribution in [2.24, 2.45) is 0 Å². The van der Waals surface area contributed by atoms with Crippen molar-refractivity contribution in [3.8, 4) is 11.5 Å². The number of amides is 1. The molecule has 1 heterocycles. The molecule has 0 unspecified atom stereocenters. The molecular formula is C19H28N2O4. The van der Waals surface area contributed by atoms with E-state index in [2.05, 4.69) is 10.2 Å². The van der Waals surface area contributed by atoms with Crippen molar-refractivity contribution in [2.45, 2.75) is 31.2 Å². The van der Waals surface area contributed by atoms with Crippen LogP contribution < -0.4 is 14.8 Å². The number of nitrogens with one attached hydrogen (secondary N) is 1. The Bertz CT molecular complexity index is 571. The Labute approximate surface area is 149 Å². The van der Waals surface area contributed by atoms with Crippen LogP contribution in [0.25, 0.3) is 0 Å². The van der Waals surface area contributed by atoms with E-state index in [9.17, 15) is 4.79 Å². The number of carbonyl (C=O) groups excluding carboxylic acids is 1. The Hall–Kier alpha value is -1.79. The van der Waals surface area contributed by atoms with Gasteiger partial charge in [-0.15, -0.1) is 0 Å². The van der Waals surface area contributed by atoms with Crippen LogP contribution in [0, 0.1) is 0 Å². The van der Waals surface area contributed by atoms with Crippen LogP contribution in [0.15, 0.2) is 18.2 Å². The van der Waals surface area contributed by atoms with Gasteiger partial charge in [0.1, 0.15) is 11.5 Å². The molecule has 1 N–H and O–H groups in total. The summed E-state index contributed by atoms with van der Waals surface area (Å²) in [7, 11) is 3.17. The number of ether oxygens (including phenoxy) is 3. The van der Waals surface area contributed by atoms with Gasteiger partial charge < -0.3 is 19.5 Å². The molecule has 1 amide bonds. The molecule has 6 nitrogen and oxygen atoms in total. The number of benzene rings is 1. The van der Waals surface area contributed by atoms with Crippen LogP contribution in [-0.4, -0.2) is 63.4 Å². The second-order valence-corrected chi connectivity index (χ2v) is 6.81. The molecule has 1 saturated heterocycles. The van der Waals surface area contributed by atoms with E-state index >= 15 is 0 Å². The lowest BCUT2D eigenvalue weighted by molar-refractivity contribution is -0.0199. The van der Waals surface area contributed by atoms with Crippen molar-refractivity contribution >= 4 is 5.91 Å². The van der Waals surface area contributed by atoms with Crippen LogP contribution in [0.1, 0.15) is 36.0 Å². The van der Waals surface area contributed by atoms with Crippen LogP contribution in [0.3, 0.4) is 0 Å². The van der Waals surface area contributed by atoms with Gasteiger partial charge in [0.2, 0.25) is 0 Å². The Morgan fingerprint density at radius 1 is 1.12 bits per heavy atom. The molecule has 1 aromatic rings. The predicted molar refractivity (Wildman–Crippen MR) is 95.5 cm³/mol. The normalized spacial score (nSPS) is 20.2. The summed E-state index contributed by atoms with van der Waals surface area (Å²) in [6.45, 7) is 4.13. The standard InChI is InChI=1S/C19H28N2O4/c1-23-16-11-15(12-17(13-16)24-2)18(22)20-14-19(5-3-4-6-19)21-7-9-25-10-8-21/h11-13H,3-10,14H2,1-2H3,(H,20,22). The second kappa shape index (κ2) is 8.06. The molecule has 1 aliphatic heterocycles. The maximum atomic E-state index is 12.7. The highest BCUT2D eigenvalue weighted by molar-refractivity contribution is 5.95. The minimum Gasteiger partial charge on any atom is -0.497 e. The van der Waals surface area contributed by atoms with E-state index < -0.39 is 0 Å². The van der Waals surface area contributed by atoms with Gasteiger partial charge in [-0.1, -0.05) is 12.8 Å². The van der Waals surface area contributed by atoms with E-state index in [1.54, 1.807) is 32.4 Å². The Morgan fingerprint density at radius 2 is 1.72 bits per heavy atom. The fourth-order valence-electron chi connectivity index (χ4n) is 3.96. The largest absolute Gasteiger partial charge is 0.497 e. The summed E-state index contributed by atoms with van der Waals surface area (Å²) in [5.41, 5.74) is 0.633. The van der Waals surface area contributed by atoms with Crippen molar-refractivity contribution in [1.82, 2.24) is 10.2 Å². The molecule has 25 heavy (non-hydrogen) atoms. The molecule has 0 radical (unpaired) electrons. The molecular weight excluding hydrogens is 320 g/mol. The lowest BCUT2D eigenvalue weighted by Gasteiger charge is -2.43. The van der Waals surface area contributed by atoms with Gasteiger partial charge in [0.05, 0.1) is 27.4 Å². The number of hydrogen-bond donors (Lipinski definition) is 1. The van der Waals surface area contributed by atoms with Gasteiger partial charge >= 0.3 is 0 Å². The summed E-state index contributed by atoms with van der Waals surface area (Å²) in [6.07, 6.45) is 4.71. The fraction of sp³-hybridized carbons (Fsp3) is 0.632. The summed E-state index contributed by atoms with van der Waals surface area (Å²) >= 11 is 0. The Morgan fingerprint density at radius 3 is 2.28 bits per heavy atom. The predicted octanol–water partition coefficient (Wildman–Crippen LogP) is 2.08. The zero-order chi connectivity index (χ0) is 17.7. The fourth-order valence-corrected chi connectivity index (χ4v) is 3.96. The van der Waals surface area contributed by atoms with E-state index in [1.165, 1.54) is 12.8 Å². The van der Waals surface area contributed by atoms with Crippen LogP contribution in [0.5, 0.6) is 11.5 Å². The van der Waals surface area contributed by atoms with Gasteiger partial charge in [-0.05, 0) is 25.0 Å². The first-order valence-corrected chi connectivity index (χ1v) is 9.01. The third-order valence-electron chi connectivity index (χ3n) is 5.41. The SMILES string of the molecule is COc1cc(OC)cc(C(=O)NCC2(N3CCOCC3)CCCC2)c1. The maximum absolute atomic E-state index is 12.7. The van der Waals surface area contributed by atoms with E-state index in [0.717, 1.165) is 39.1 Å². The van der Waals surface area contributed by atoms with E-state index in [-0.39, 0.29) is 11.4 Å². The van der Waals surface area contributed by atoms with Gasteiger partial charge in [0.25, 0.3) is 5.91 Å². The van der Waals surface area contributed by atoms with Crippen molar-refractivity contribution < 1.29 is 19.0 Å². The highest BCUT2D eigenvalue weighted by atomic mass is 16.5. The highest BCUT2D eigenvalue weighted by Crippen LogP contribution is 2.35. The summed E-state index contributed by atoms with van der Waals surface area (Å²) in [5.74, 6) is 1.15. The number of rotatable bonds is 6. The first kappa shape index (κ1) is 18.0. The minimum atomic E-state index is -0.0864. The van der Waals surface area contributed by atoms with Gasteiger partial charge in [-0.3, -0.25) is 9.69 Å². The molecule has 0 atom stereocenters. The molecule has 3 rings (SSSR count). The van der Waals surface area contributed by atoms with Gasteiger partial charge in [-0.2, -0.15) is 0 Å². The Kier molecular flexibility index (Phi) is 5.81. The van der Waals surface area contributed by atoms with E-state index in [0.29, 0.717) is 23.6 Å². The Balaban J connectivity index is 1.69. The number of nitrogens with zero attached hydrogens (tertiary/aromatic N) is 1. The van der Waals surface area contributed by atoms with E-state index in [4.69, 9.17) is 14.2 Å². The second-order valence-electron chi connectivity index (χ2n) is 6.81. The maximum Gasteiger partial charge on any atom is 0.251 e. The molecule has 0 bridgehead atoms. The molecule has 6 heteroatoms. The average Bonchev–Trinajstić information content (AvgIpc) is 3.16. The van der Waals surface area contributed by atoms with Crippen molar-refractivity contribution in [3.63, 3.8) is 0 Å². The molecule has 1 aromatic carbocycles. The molecule has 2 aliphatic rings. The van der Waals surface area contributed by atoms with Crippen LogP contribution in [-0.2, 0) is 4.74 Å². The molecule has 0 spiro atoms. The zero-order valence-corrected chi connectivity index (χ0v) is 15.2. The van der Waals surface area contributed by atoms with E-state index in [1.807, 2.05) is 0 Å². The topological polar surface area (TPSA) is 60.0 Å². The lowest BCUT2D eigenvalue weighted by Crippen LogP contribution is -2.57. The van der Waals surface area contributed by atoms with Gasteiger partial charge in [0.15, 0.2) is 0 Å². The smallest absolute Gasteiger partial charge is 0.251 e. The third-order valence-corrected chi connectivity index (χ3v) is 5.41. The van der Waals surface area contributed by atoms with Crippen LogP contribution in [0.4, 0.5) is 0 Å². The average molecular weight is 348 g/mol. The van der Waals surface area contributed by atoms with Crippen molar-refractivity contribution in [3.05, 3.63) is 23.8 Å².